The van der Waals surface area contributed by atoms with Crippen molar-refractivity contribution in [3.63, 3.8) is 0 Å². The van der Waals surface area contributed by atoms with Crippen LogP contribution in [-0.4, -0.2) is 45.5 Å². The number of hydrogen-bond acceptors (Lipinski definition) is 4. The summed E-state index contributed by atoms with van der Waals surface area (Å²) in [5, 5.41) is 5.75. The average molecular weight is 318 g/mol. The Balaban J connectivity index is 1.76. The molecule has 1 fully saturated rings. The van der Waals surface area contributed by atoms with Gasteiger partial charge < -0.3 is 5.32 Å². The minimum Gasteiger partial charge on any atom is -0.353 e. The fourth-order valence-corrected chi connectivity index (χ4v) is 1.95. The first-order chi connectivity index (χ1) is 10.3. The zero-order valence-electron chi connectivity index (χ0n) is 11.4. The summed E-state index contributed by atoms with van der Waals surface area (Å²) < 4.78 is 38.1. The van der Waals surface area contributed by atoms with Gasteiger partial charge in [-0.15, -0.1) is 0 Å². The van der Waals surface area contributed by atoms with E-state index in [1.165, 1.54) is 0 Å². The lowest BCUT2D eigenvalue weighted by atomic mass is 10.4. The van der Waals surface area contributed by atoms with Crippen LogP contribution in [0.2, 0.25) is 0 Å². The van der Waals surface area contributed by atoms with Crippen molar-refractivity contribution in [2.24, 2.45) is 0 Å². The lowest BCUT2D eigenvalue weighted by Crippen LogP contribution is -2.40. The van der Waals surface area contributed by atoms with Gasteiger partial charge in [0.25, 0.3) is 0 Å². The number of imide groups is 1. The Morgan fingerprint density at radius 1 is 1.27 bits per heavy atom. The van der Waals surface area contributed by atoms with E-state index in [1.807, 2.05) is 0 Å². The zero-order chi connectivity index (χ0) is 16.3. The van der Waals surface area contributed by atoms with Crippen molar-refractivity contribution in [2.45, 2.75) is 25.6 Å². The quantitative estimate of drug-likeness (QED) is 0.784. The van der Waals surface area contributed by atoms with Gasteiger partial charge in [0.15, 0.2) is 5.69 Å². The third kappa shape index (κ3) is 3.83. The molecule has 1 aliphatic heterocycles. The molecule has 2 rings (SSSR count). The predicted octanol–water partition coefficient (Wildman–Crippen LogP) is 0.167. The molecule has 22 heavy (non-hydrogen) atoms. The van der Waals surface area contributed by atoms with E-state index in [1.54, 1.807) is 0 Å². The number of nitrogens with zero attached hydrogens (tertiary/aromatic N) is 3. The van der Waals surface area contributed by atoms with Crippen LogP contribution in [0.4, 0.5) is 13.2 Å². The van der Waals surface area contributed by atoms with E-state index in [-0.39, 0.29) is 32.5 Å². The zero-order valence-corrected chi connectivity index (χ0v) is 11.4. The highest BCUT2D eigenvalue weighted by atomic mass is 19.4. The van der Waals surface area contributed by atoms with Crippen LogP contribution in [0.3, 0.4) is 0 Å². The minimum atomic E-state index is -4.51. The second kappa shape index (κ2) is 6.16. The van der Waals surface area contributed by atoms with E-state index in [9.17, 15) is 27.6 Å². The fourth-order valence-electron chi connectivity index (χ4n) is 1.95. The Labute approximate surface area is 123 Å². The van der Waals surface area contributed by atoms with Crippen molar-refractivity contribution < 1.29 is 27.6 Å². The number of halogens is 3. The molecule has 0 aromatic carbocycles. The van der Waals surface area contributed by atoms with Crippen LogP contribution >= 0.6 is 0 Å². The van der Waals surface area contributed by atoms with Crippen molar-refractivity contribution in [3.8, 4) is 0 Å². The largest absolute Gasteiger partial charge is 0.435 e. The molecule has 2 heterocycles. The van der Waals surface area contributed by atoms with Crippen LogP contribution < -0.4 is 5.32 Å². The molecule has 1 N–H and O–H groups in total. The highest BCUT2D eigenvalue weighted by molar-refractivity contribution is 6.04. The summed E-state index contributed by atoms with van der Waals surface area (Å²) in [6.45, 7) is -0.289. The second-order valence-corrected chi connectivity index (χ2v) is 4.69. The first kappa shape index (κ1) is 16.0. The average Bonchev–Trinajstić information content (AvgIpc) is 3.00. The van der Waals surface area contributed by atoms with E-state index in [2.05, 4.69) is 10.4 Å². The molecule has 1 aromatic heterocycles. The molecule has 0 saturated carbocycles. The Hall–Kier alpha value is -2.39. The Bertz CT molecular complexity index is 581. The van der Waals surface area contributed by atoms with Gasteiger partial charge in [-0.2, -0.15) is 18.3 Å². The summed E-state index contributed by atoms with van der Waals surface area (Å²) in [5.74, 6) is -1.35. The molecule has 0 spiro atoms. The molecule has 0 aliphatic carbocycles. The predicted molar refractivity (Wildman–Crippen MR) is 66.2 cm³/mol. The van der Waals surface area contributed by atoms with Gasteiger partial charge in [0.2, 0.25) is 17.7 Å². The molecule has 3 amide bonds. The first-order valence-electron chi connectivity index (χ1n) is 6.48. The number of carbonyl (C=O) groups excluding carboxylic acids is 3. The molecule has 1 aromatic rings. The van der Waals surface area contributed by atoms with Crippen molar-refractivity contribution >= 4 is 17.7 Å². The number of alkyl halides is 3. The summed E-state index contributed by atoms with van der Waals surface area (Å²) in [6, 6.07) is 0.837. The van der Waals surface area contributed by atoms with Crippen molar-refractivity contribution in [2.75, 3.05) is 13.1 Å². The van der Waals surface area contributed by atoms with E-state index in [0.717, 1.165) is 21.8 Å². The lowest BCUT2D eigenvalue weighted by molar-refractivity contribution is -0.142. The van der Waals surface area contributed by atoms with Crippen LogP contribution in [0.25, 0.3) is 0 Å². The normalized spacial score (nSPS) is 15.5. The van der Waals surface area contributed by atoms with Gasteiger partial charge in [-0.25, -0.2) is 0 Å². The molecule has 0 atom stereocenters. The number of nitrogens with one attached hydrogen (secondary N) is 1. The van der Waals surface area contributed by atoms with Gasteiger partial charge in [-0.3, -0.25) is 24.0 Å². The summed E-state index contributed by atoms with van der Waals surface area (Å²) >= 11 is 0. The van der Waals surface area contributed by atoms with Crippen molar-refractivity contribution in [1.82, 2.24) is 20.0 Å². The standard InChI is InChI=1S/C12H13F3N4O3/c13-12(14,15)8-3-5-18(17-8)6-4-16-9(20)7-19-10(21)1-2-11(19)22/h3,5H,1-2,4,6-7H2,(H,16,20). The molecule has 1 saturated heterocycles. The molecule has 10 heteroatoms. The number of carbonyl (C=O) groups is 3. The van der Waals surface area contributed by atoms with Gasteiger partial charge in [-0.05, 0) is 6.07 Å². The van der Waals surface area contributed by atoms with Gasteiger partial charge in [-0.1, -0.05) is 0 Å². The minimum absolute atomic E-state index is 0.0357. The topological polar surface area (TPSA) is 84.3 Å². The smallest absolute Gasteiger partial charge is 0.353 e. The van der Waals surface area contributed by atoms with Gasteiger partial charge in [0, 0.05) is 25.6 Å². The summed E-state index contributed by atoms with van der Waals surface area (Å²) in [4.78, 5) is 35.1. The van der Waals surface area contributed by atoms with E-state index >= 15 is 0 Å². The number of rotatable bonds is 5. The first-order valence-corrected chi connectivity index (χ1v) is 6.48. The van der Waals surface area contributed by atoms with Crippen molar-refractivity contribution in [3.05, 3.63) is 18.0 Å². The molecule has 0 unspecified atom stereocenters. The van der Waals surface area contributed by atoms with E-state index < -0.39 is 29.6 Å². The van der Waals surface area contributed by atoms with Crippen LogP contribution in [0.15, 0.2) is 12.3 Å². The SMILES string of the molecule is O=C(CN1C(=O)CCC1=O)NCCn1ccc(C(F)(F)F)n1. The van der Waals surface area contributed by atoms with Crippen LogP contribution in [-0.2, 0) is 27.1 Å². The molecule has 1 aliphatic rings. The van der Waals surface area contributed by atoms with E-state index in [0.29, 0.717) is 0 Å². The summed E-state index contributed by atoms with van der Waals surface area (Å²) in [6.07, 6.45) is -3.16. The molecular formula is C12H13F3N4O3. The number of hydrogen-bond donors (Lipinski definition) is 1. The lowest BCUT2D eigenvalue weighted by Gasteiger charge is -2.13. The maximum atomic E-state index is 12.3. The van der Waals surface area contributed by atoms with Crippen LogP contribution in [0, 0.1) is 0 Å². The Morgan fingerprint density at radius 3 is 2.45 bits per heavy atom. The fraction of sp³-hybridized carbons (Fsp3) is 0.500. The summed E-state index contributed by atoms with van der Waals surface area (Å²) in [5.41, 5.74) is -1.01. The maximum absolute atomic E-state index is 12.3. The Morgan fingerprint density at radius 2 is 1.91 bits per heavy atom. The van der Waals surface area contributed by atoms with Gasteiger partial charge >= 0.3 is 6.18 Å². The summed E-state index contributed by atoms with van der Waals surface area (Å²) in [7, 11) is 0. The number of amides is 3. The van der Waals surface area contributed by atoms with Gasteiger partial charge in [0.05, 0.1) is 6.54 Å². The molecule has 0 bridgehead atoms. The molecule has 0 radical (unpaired) electrons. The third-order valence-corrected chi connectivity index (χ3v) is 3.05. The van der Waals surface area contributed by atoms with Crippen LogP contribution in [0.1, 0.15) is 18.5 Å². The highest BCUT2D eigenvalue weighted by Crippen LogP contribution is 2.27. The number of likely N-dealkylation sites (tertiary alicyclic amines) is 1. The second-order valence-electron chi connectivity index (χ2n) is 4.69. The van der Waals surface area contributed by atoms with Crippen LogP contribution in [0.5, 0.6) is 0 Å². The van der Waals surface area contributed by atoms with Crippen molar-refractivity contribution in [1.29, 1.82) is 0 Å². The molecular weight excluding hydrogens is 305 g/mol. The molecule has 7 nitrogen and oxygen atoms in total. The van der Waals surface area contributed by atoms with E-state index in [4.69, 9.17) is 0 Å². The maximum Gasteiger partial charge on any atom is 0.435 e. The highest BCUT2D eigenvalue weighted by Gasteiger charge is 2.33. The third-order valence-electron chi connectivity index (χ3n) is 3.05. The molecule has 120 valence electrons. The van der Waals surface area contributed by atoms with Gasteiger partial charge in [0.1, 0.15) is 6.54 Å². The Kier molecular flexibility index (Phi) is 4.48. The number of aromatic nitrogens is 2. The monoisotopic (exact) mass is 318 g/mol.